The summed E-state index contributed by atoms with van der Waals surface area (Å²) in [7, 11) is 0. The first kappa shape index (κ1) is 30.4. The SMILES string of the molecule is c1ccc(N(c2ccc(-c3ccc4ccc(-c5ccc6ccccc6c5)cc4c3)cc2)c2cccc(-c3ccc4c(c3)sc3ccccc34)c2)cc1. The highest BCUT2D eigenvalue weighted by Crippen LogP contribution is 2.40. The van der Waals surface area contributed by atoms with E-state index < -0.39 is 0 Å². The van der Waals surface area contributed by atoms with Crippen LogP contribution in [-0.4, -0.2) is 0 Å². The van der Waals surface area contributed by atoms with Gasteiger partial charge in [-0.15, -0.1) is 11.3 Å². The van der Waals surface area contributed by atoms with Gasteiger partial charge in [0.2, 0.25) is 0 Å². The molecule has 0 aliphatic carbocycles. The Morgan fingerprint density at radius 1 is 0.269 bits per heavy atom. The maximum atomic E-state index is 2.35. The van der Waals surface area contributed by atoms with Gasteiger partial charge in [-0.3, -0.25) is 0 Å². The third kappa shape index (κ3) is 5.51. The van der Waals surface area contributed by atoms with Gasteiger partial charge in [0.1, 0.15) is 0 Å². The summed E-state index contributed by atoms with van der Waals surface area (Å²) in [5, 5.41) is 7.66. The lowest BCUT2D eigenvalue weighted by molar-refractivity contribution is 1.28. The molecule has 52 heavy (non-hydrogen) atoms. The average Bonchev–Trinajstić information content (AvgIpc) is 3.59. The molecule has 0 aliphatic rings. The van der Waals surface area contributed by atoms with Crippen molar-refractivity contribution in [1.29, 1.82) is 0 Å². The number of hydrogen-bond acceptors (Lipinski definition) is 2. The zero-order chi connectivity index (χ0) is 34.4. The van der Waals surface area contributed by atoms with E-state index in [9.17, 15) is 0 Å². The van der Waals surface area contributed by atoms with Crippen LogP contribution >= 0.6 is 11.3 Å². The van der Waals surface area contributed by atoms with Crippen LogP contribution in [0.5, 0.6) is 0 Å². The maximum absolute atomic E-state index is 2.35. The number of fused-ring (bicyclic) bond motifs is 5. The Morgan fingerprint density at radius 3 is 1.58 bits per heavy atom. The highest BCUT2D eigenvalue weighted by atomic mass is 32.1. The Morgan fingerprint density at radius 2 is 0.788 bits per heavy atom. The normalized spacial score (nSPS) is 11.5. The van der Waals surface area contributed by atoms with Crippen molar-refractivity contribution in [2.45, 2.75) is 0 Å². The minimum absolute atomic E-state index is 1.12. The van der Waals surface area contributed by atoms with Crippen molar-refractivity contribution in [2.75, 3.05) is 4.90 Å². The number of anilines is 3. The quantitative estimate of drug-likeness (QED) is 0.169. The number of benzene rings is 9. The summed E-state index contributed by atoms with van der Waals surface area (Å²) in [5.74, 6) is 0. The Hall–Kier alpha value is -6.48. The molecule has 0 radical (unpaired) electrons. The van der Waals surface area contributed by atoms with Crippen molar-refractivity contribution in [2.24, 2.45) is 0 Å². The van der Waals surface area contributed by atoms with Crippen molar-refractivity contribution >= 4 is 70.1 Å². The molecule has 0 fully saturated rings. The fourth-order valence-electron chi connectivity index (χ4n) is 7.53. The molecule has 0 aliphatic heterocycles. The smallest absolute Gasteiger partial charge is 0.0467 e. The van der Waals surface area contributed by atoms with Crippen LogP contribution in [0, 0.1) is 0 Å². The van der Waals surface area contributed by atoms with Gasteiger partial charge >= 0.3 is 0 Å². The van der Waals surface area contributed by atoms with Gasteiger partial charge in [-0.2, -0.15) is 0 Å². The molecule has 1 nitrogen and oxygen atoms in total. The van der Waals surface area contributed by atoms with E-state index in [1.807, 2.05) is 11.3 Å². The predicted molar refractivity (Wildman–Crippen MR) is 225 cm³/mol. The van der Waals surface area contributed by atoms with Crippen LogP contribution in [0.3, 0.4) is 0 Å². The first-order valence-corrected chi connectivity index (χ1v) is 18.6. The van der Waals surface area contributed by atoms with Crippen LogP contribution in [0.1, 0.15) is 0 Å². The molecule has 2 heteroatoms. The van der Waals surface area contributed by atoms with Gasteiger partial charge < -0.3 is 4.90 Å². The summed E-state index contributed by atoms with van der Waals surface area (Å²) < 4.78 is 2.65. The van der Waals surface area contributed by atoms with Crippen LogP contribution in [0.2, 0.25) is 0 Å². The average molecular weight is 680 g/mol. The molecule has 10 aromatic rings. The number of nitrogens with zero attached hydrogens (tertiary/aromatic N) is 1. The van der Waals surface area contributed by atoms with Crippen molar-refractivity contribution in [1.82, 2.24) is 0 Å². The van der Waals surface area contributed by atoms with Gasteiger partial charge in [0.25, 0.3) is 0 Å². The second-order valence-electron chi connectivity index (χ2n) is 13.4. The predicted octanol–water partition coefficient (Wildman–Crippen LogP) is 14.8. The van der Waals surface area contributed by atoms with E-state index >= 15 is 0 Å². The molecule has 0 amide bonds. The molecular formula is C50H33NS. The highest BCUT2D eigenvalue weighted by molar-refractivity contribution is 7.25. The number of thiophene rings is 1. The molecule has 0 saturated carbocycles. The molecule has 10 rings (SSSR count). The van der Waals surface area contributed by atoms with Gasteiger partial charge in [-0.1, -0.05) is 133 Å². The van der Waals surface area contributed by atoms with E-state index in [0.29, 0.717) is 0 Å². The molecular weight excluding hydrogens is 647 g/mol. The molecule has 244 valence electrons. The molecule has 0 unspecified atom stereocenters. The summed E-state index contributed by atoms with van der Waals surface area (Å²) in [6.45, 7) is 0. The van der Waals surface area contributed by atoms with Crippen molar-refractivity contribution in [3.63, 3.8) is 0 Å². The van der Waals surface area contributed by atoms with Crippen LogP contribution in [0.25, 0.3) is 75.1 Å². The molecule has 1 heterocycles. The van der Waals surface area contributed by atoms with Gasteiger partial charge in [0.05, 0.1) is 0 Å². The summed E-state index contributed by atoms with van der Waals surface area (Å²) in [6, 6.07) is 73.0. The summed E-state index contributed by atoms with van der Waals surface area (Å²) in [6.07, 6.45) is 0. The van der Waals surface area contributed by atoms with Crippen molar-refractivity contribution < 1.29 is 0 Å². The Kier molecular flexibility index (Phi) is 7.41. The lowest BCUT2D eigenvalue weighted by Crippen LogP contribution is -2.09. The molecule has 0 spiro atoms. The Labute approximate surface area is 307 Å². The van der Waals surface area contributed by atoms with E-state index in [1.54, 1.807) is 0 Å². The summed E-state index contributed by atoms with van der Waals surface area (Å²) in [4.78, 5) is 2.35. The number of para-hydroxylation sites is 1. The molecule has 0 atom stereocenters. The fraction of sp³-hybridized carbons (Fsp3) is 0. The van der Waals surface area contributed by atoms with Crippen LogP contribution in [0.4, 0.5) is 17.1 Å². The monoisotopic (exact) mass is 679 g/mol. The van der Waals surface area contributed by atoms with Crippen molar-refractivity contribution in [3.05, 3.63) is 200 Å². The van der Waals surface area contributed by atoms with E-state index in [2.05, 4.69) is 205 Å². The Bertz CT molecular complexity index is 2900. The fourth-order valence-corrected chi connectivity index (χ4v) is 8.68. The van der Waals surface area contributed by atoms with Gasteiger partial charge in [-0.05, 0) is 122 Å². The minimum Gasteiger partial charge on any atom is -0.310 e. The van der Waals surface area contributed by atoms with Crippen molar-refractivity contribution in [3.8, 4) is 33.4 Å². The molecule has 0 N–H and O–H groups in total. The lowest BCUT2D eigenvalue weighted by Gasteiger charge is -2.26. The summed E-state index contributed by atoms with van der Waals surface area (Å²) in [5.41, 5.74) is 10.7. The first-order valence-electron chi connectivity index (χ1n) is 17.7. The zero-order valence-electron chi connectivity index (χ0n) is 28.4. The van der Waals surface area contributed by atoms with Crippen LogP contribution in [-0.2, 0) is 0 Å². The van der Waals surface area contributed by atoms with Crippen LogP contribution in [0.15, 0.2) is 200 Å². The van der Waals surface area contributed by atoms with Crippen LogP contribution < -0.4 is 4.90 Å². The number of hydrogen-bond donors (Lipinski definition) is 0. The molecule has 0 bridgehead atoms. The largest absolute Gasteiger partial charge is 0.310 e. The lowest BCUT2D eigenvalue weighted by atomic mass is 9.96. The van der Waals surface area contributed by atoms with E-state index in [4.69, 9.17) is 0 Å². The third-order valence-electron chi connectivity index (χ3n) is 10.2. The first-order chi connectivity index (χ1) is 25.7. The van der Waals surface area contributed by atoms with Gasteiger partial charge in [-0.25, -0.2) is 0 Å². The van der Waals surface area contributed by atoms with E-state index in [-0.39, 0.29) is 0 Å². The topological polar surface area (TPSA) is 3.24 Å². The highest BCUT2D eigenvalue weighted by Gasteiger charge is 2.15. The minimum atomic E-state index is 1.12. The second kappa shape index (κ2) is 12.7. The Balaban J connectivity index is 0.991. The van der Waals surface area contributed by atoms with Gasteiger partial charge in [0.15, 0.2) is 0 Å². The van der Waals surface area contributed by atoms with E-state index in [1.165, 1.54) is 75.1 Å². The standard InChI is InChI=1S/C50H33NS/c1-2-12-44(13-3-1)51(46-14-8-11-38(32-46)42-25-28-48-47-15-6-7-16-49(47)52-50(48)33-42)45-26-23-35(24-27-45)39-20-18-36-19-22-41(31-43(36)30-39)40-21-17-34-9-4-5-10-37(34)29-40/h1-33H. The molecule has 1 aromatic heterocycles. The van der Waals surface area contributed by atoms with Gasteiger partial charge in [0, 0.05) is 37.2 Å². The summed E-state index contributed by atoms with van der Waals surface area (Å²) >= 11 is 1.86. The van der Waals surface area contributed by atoms with E-state index in [0.717, 1.165) is 17.1 Å². The molecule has 9 aromatic carbocycles. The second-order valence-corrected chi connectivity index (χ2v) is 14.5. The molecule has 0 saturated heterocycles. The number of rotatable bonds is 6. The third-order valence-corrected chi connectivity index (χ3v) is 11.3. The maximum Gasteiger partial charge on any atom is 0.0467 e. The zero-order valence-corrected chi connectivity index (χ0v) is 29.2.